The first-order valence-corrected chi connectivity index (χ1v) is 9.37. The SMILES string of the molecule is O=C(NCCNC(=O)C1CCCC1)c1ccc(-c2ccccc2F)s1. The lowest BCUT2D eigenvalue weighted by atomic mass is 10.1. The second-order valence-electron chi connectivity index (χ2n) is 6.17. The summed E-state index contributed by atoms with van der Waals surface area (Å²) in [6.45, 7) is 0.802. The smallest absolute Gasteiger partial charge is 0.261 e. The van der Waals surface area contributed by atoms with Gasteiger partial charge in [0, 0.05) is 29.4 Å². The van der Waals surface area contributed by atoms with Crippen LogP contribution in [0, 0.1) is 11.7 Å². The second kappa shape index (κ2) is 8.25. The van der Waals surface area contributed by atoms with Gasteiger partial charge in [-0.1, -0.05) is 31.0 Å². The Balaban J connectivity index is 1.47. The topological polar surface area (TPSA) is 58.2 Å². The number of nitrogens with one attached hydrogen (secondary N) is 2. The van der Waals surface area contributed by atoms with Gasteiger partial charge in [-0.3, -0.25) is 9.59 Å². The number of thiophene rings is 1. The molecule has 6 heteroatoms. The van der Waals surface area contributed by atoms with Gasteiger partial charge in [0.05, 0.1) is 4.88 Å². The van der Waals surface area contributed by atoms with Crippen LogP contribution in [0.15, 0.2) is 36.4 Å². The first-order valence-electron chi connectivity index (χ1n) is 8.56. The lowest BCUT2D eigenvalue weighted by Gasteiger charge is -2.10. The third-order valence-electron chi connectivity index (χ3n) is 4.40. The van der Waals surface area contributed by atoms with Crippen molar-refractivity contribution in [2.24, 2.45) is 5.92 Å². The van der Waals surface area contributed by atoms with Gasteiger partial charge in [0.1, 0.15) is 5.82 Å². The van der Waals surface area contributed by atoms with Crippen LogP contribution in [-0.2, 0) is 4.79 Å². The first kappa shape index (κ1) is 17.6. The van der Waals surface area contributed by atoms with Crippen molar-refractivity contribution in [3.05, 3.63) is 47.1 Å². The Labute approximate surface area is 150 Å². The highest BCUT2D eigenvalue weighted by Crippen LogP contribution is 2.30. The van der Waals surface area contributed by atoms with Gasteiger partial charge < -0.3 is 10.6 Å². The van der Waals surface area contributed by atoms with E-state index in [9.17, 15) is 14.0 Å². The van der Waals surface area contributed by atoms with Gasteiger partial charge in [-0.15, -0.1) is 11.3 Å². The third kappa shape index (κ3) is 4.45. The average Bonchev–Trinajstić information content (AvgIpc) is 3.30. The molecule has 0 spiro atoms. The molecule has 0 saturated heterocycles. The van der Waals surface area contributed by atoms with Crippen LogP contribution in [-0.4, -0.2) is 24.9 Å². The molecule has 3 rings (SSSR count). The van der Waals surface area contributed by atoms with Crippen LogP contribution < -0.4 is 10.6 Å². The summed E-state index contributed by atoms with van der Waals surface area (Å²) in [6, 6.07) is 9.95. The van der Waals surface area contributed by atoms with E-state index in [4.69, 9.17) is 0 Å². The number of amides is 2. The summed E-state index contributed by atoms with van der Waals surface area (Å²) in [5.74, 6) is -0.283. The summed E-state index contributed by atoms with van der Waals surface area (Å²) in [5, 5.41) is 5.66. The number of hydrogen-bond donors (Lipinski definition) is 2. The second-order valence-corrected chi connectivity index (χ2v) is 7.26. The largest absolute Gasteiger partial charge is 0.354 e. The average molecular weight is 360 g/mol. The summed E-state index contributed by atoms with van der Waals surface area (Å²) in [4.78, 5) is 25.3. The zero-order valence-corrected chi connectivity index (χ0v) is 14.7. The predicted octanol–water partition coefficient (Wildman–Crippen LogP) is 3.59. The molecule has 1 saturated carbocycles. The van der Waals surface area contributed by atoms with E-state index in [1.165, 1.54) is 17.4 Å². The highest BCUT2D eigenvalue weighted by Gasteiger charge is 2.22. The molecular weight excluding hydrogens is 339 g/mol. The Hall–Kier alpha value is -2.21. The molecular formula is C19H21FN2O2S. The first-order chi connectivity index (χ1) is 12.1. The molecule has 1 heterocycles. The quantitative estimate of drug-likeness (QED) is 0.774. The molecule has 4 nitrogen and oxygen atoms in total. The van der Waals surface area contributed by atoms with E-state index in [1.54, 1.807) is 30.3 Å². The minimum absolute atomic E-state index is 0.0877. The predicted molar refractivity (Wildman–Crippen MR) is 97.0 cm³/mol. The van der Waals surface area contributed by atoms with Gasteiger partial charge in [0.25, 0.3) is 5.91 Å². The van der Waals surface area contributed by atoms with Crippen molar-refractivity contribution in [2.75, 3.05) is 13.1 Å². The number of carbonyl (C=O) groups excluding carboxylic acids is 2. The summed E-state index contributed by atoms with van der Waals surface area (Å²) in [6.07, 6.45) is 4.17. The van der Waals surface area contributed by atoms with Gasteiger partial charge in [-0.2, -0.15) is 0 Å². The van der Waals surface area contributed by atoms with Crippen molar-refractivity contribution in [2.45, 2.75) is 25.7 Å². The summed E-state index contributed by atoms with van der Waals surface area (Å²) < 4.78 is 13.8. The number of carbonyl (C=O) groups is 2. The Morgan fingerprint density at radius 2 is 1.76 bits per heavy atom. The fourth-order valence-electron chi connectivity index (χ4n) is 3.05. The van der Waals surface area contributed by atoms with Crippen LogP contribution in [0.1, 0.15) is 35.4 Å². The lowest BCUT2D eigenvalue weighted by molar-refractivity contribution is -0.124. The molecule has 2 aromatic rings. The van der Waals surface area contributed by atoms with Gasteiger partial charge in [-0.25, -0.2) is 4.39 Å². The highest BCUT2D eigenvalue weighted by molar-refractivity contribution is 7.17. The molecule has 1 aromatic carbocycles. The molecule has 1 fully saturated rings. The molecule has 0 radical (unpaired) electrons. The third-order valence-corrected chi connectivity index (χ3v) is 5.52. The standard InChI is InChI=1S/C19H21FN2O2S/c20-15-8-4-3-7-14(15)16-9-10-17(25-16)19(24)22-12-11-21-18(23)13-5-1-2-6-13/h3-4,7-10,13H,1-2,5-6,11-12H2,(H,21,23)(H,22,24). The summed E-state index contributed by atoms with van der Waals surface area (Å²) >= 11 is 1.25. The molecule has 25 heavy (non-hydrogen) atoms. The van der Waals surface area contributed by atoms with Gasteiger partial charge in [0.2, 0.25) is 5.91 Å². The fraction of sp³-hybridized carbons (Fsp3) is 0.368. The number of rotatable bonds is 6. The van der Waals surface area contributed by atoms with E-state index in [-0.39, 0.29) is 23.5 Å². The lowest BCUT2D eigenvalue weighted by Crippen LogP contribution is -2.36. The van der Waals surface area contributed by atoms with Crippen molar-refractivity contribution >= 4 is 23.2 Å². The minimum Gasteiger partial charge on any atom is -0.354 e. The Morgan fingerprint density at radius 1 is 1.04 bits per heavy atom. The van der Waals surface area contributed by atoms with Crippen molar-refractivity contribution in [1.82, 2.24) is 10.6 Å². The van der Waals surface area contributed by atoms with Crippen LogP contribution in [0.4, 0.5) is 4.39 Å². The van der Waals surface area contributed by atoms with Crippen LogP contribution in [0.2, 0.25) is 0 Å². The molecule has 1 aromatic heterocycles. The van der Waals surface area contributed by atoms with Crippen LogP contribution in [0.3, 0.4) is 0 Å². The van der Waals surface area contributed by atoms with E-state index in [2.05, 4.69) is 10.6 Å². The maximum Gasteiger partial charge on any atom is 0.261 e. The number of benzene rings is 1. The van der Waals surface area contributed by atoms with Crippen LogP contribution in [0.5, 0.6) is 0 Å². The van der Waals surface area contributed by atoms with E-state index in [0.717, 1.165) is 30.6 Å². The van der Waals surface area contributed by atoms with Crippen molar-refractivity contribution in [3.63, 3.8) is 0 Å². The van der Waals surface area contributed by atoms with E-state index < -0.39 is 0 Å². The molecule has 1 aliphatic carbocycles. The van der Waals surface area contributed by atoms with E-state index >= 15 is 0 Å². The van der Waals surface area contributed by atoms with Crippen LogP contribution in [0.25, 0.3) is 10.4 Å². The van der Waals surface area contributed by atoms with Crippen LogP contribution >= 0.6 is 11.3 Å². The van der Waals surface area contributed by atoms with Crippen molar-refractivity contribution in [3.8, 4) is 10.4 Å². The van der Waals surface area contributed by atoms with Gasteiger partial charge in [0.15, 0.2) is 0 Å². The Bertz CT molecular complexity index is 753. The zero-order valence-electron chi connectivity index (χ0n) is 13.9. The molecule has 1 aliphatic rings. The normalized spacial score (nSPS) is 14.4. The van der Waals surface area contributed by atoms with Crippen molar-refractivity contribution in [1.29, 1.82) is 0 Å². The zero-order chi connectivity index (χ0) is 17.6. The van der Waals surface area contributed by atoms with E-state index in [0.29, 0.717) is 23.5 Å². The van der Waals surface area contributed by atoms with Crippen molar-refractivity contribution < 1.29 is 14.0 Å². The summed E-state index contributed by atoms with van der Waals surface area (Å²) in [5.41, 5.74) is 0.496. The number of hydrogen-bond acceptors (Lipinski definition) is 3. The maximum atomic E-state index is 13.8. The highest BCUT2D eigenvalue weighted by atomic mass is 32.1. The Kier molecular flexibility index (Phi) is 5.81. The monoisotopic (exact) mass is 360 g/mol. The van der Waals surface area contributed by atoms with Gasteiger partial charge >= 0.3 is 0 Å². The Morgan fingerprint density at radius 3 is 2.52 bits per heavy atom. The molecule has 2 amide bonds. The maximum absolute atomic E-state index is 13.8. The summed E-state index contributed by atoms with van der Waals surface area (Å²) in [7, 11) is 0. The molecule has 0 unspecified atom stereocenters. The molecule has 0 bridgehead atoms. The minimum atomic E-state index is -0.300. The molecule has 132 valence electrons. The van der Waals surface area contributed by atoms with Gasteiger partial charge in [-0.05, 0) is 31.0 Å². The molecule has 0 atom stereocenters. The molecule has 2 N–H and O–H groups in total. The fourth-order valence-corrected chi connectivity index (χ4v) is 4.00. The molecule has 0 aliphatic heterocycles. The van der Waals surface area contributed by atoms with E-state index in [1.807, 2.05) is 0 Å². The number of halogens is 1.